The molecule has 0 spiro atoms. The van der Waals surface area contributed by atoms with Gasteiger partial charge in [0.2, 0.25) is 5.88 Å². The van der Waals surface area contributed by atoms with Crippen LogP contribution in [0.2, 0.25) is 36.3 Å². The van der Waals surface area contributed by atoms with Crippen molar-refractivity contribution in [3.63, 3.8) is 0 Å². The highest BCUT2D eigenvalue weighted by Crippen LogP contribution is 2.45. The van der Waals surface area contributed by atoms with E-state index in [9.17, 15) is 18.3 Å². The first kappa shape index (κ1) is 33.6. The number of hydrogen-bond donors (Lipinski definition) is 1. The third-order valence-electron chi connectivity index (χ3n) is 8.52. The van der Waals surface area contributed by atoms with Crippen molar-refractivity contribution in [2.45, 2.75) is 114 Å². The molecular formula is C28H46N2O8SSi2. The fraction of sp³-hybridized carbons (Fsp3) is 0.643. The minimum absolute atomic E-state index is 0.0487. The average Bonchev–Trinajstić information content (AvgIpc) is 3.13. The number of benzene rings is 1. The average molecular weight is 627 g/mol. The molecule has 0 bridgehead atoms. The Morgan fingerprint density at radius 3 is 1.90 bits per heavy atom. The fourth-order valence-corrected chi connectivity index (χ4v) is 7.37. The number of hydrogen-bond acceptors (Lipinski definition) is 9. The number of aliphatic hydroxyl groups excluding tert-OH is 1. The molecule has 0 radical (unpaired) electrons. The third kappa shape index (κ3) is 7.38. The van der Waals surface area contributed by atoms with Crippen LogP contribution in [0.3, 0.4) is 0 Å². The summed E-state index contributed by atoms with van der Waals surface area (Å²) < 4.78 is 51.8. The number of aliphatic hydroxyl groups is 1. The number of aromatic nitrogens is 2. The van der Waals surface area contributed by atoms with Gasteiger partial charge >= 0.3 is 15.8 Å². The van der Waals surface area contributed by atoms with E-state index in [2.05, 4.69) is 72.7 Å². The van der Waals surface area contributed by atoms with Gasteiger partial charge in [-0.2, -0.15) is 13.4 Å². The van der Waals surface area contributed by atoms with E-state index in [-0.39, 0.29) is 27.5 Å². The van der Waals surface area contributed by atoms with Gasteiger partial charge in [-0.25, -0.2) is 4.79 Å². The highest BCUT2D eigenvalue weighted by Gasteiger charge is 2.54. The number of rotatable bonds is 9. The topological polar surface area (TPSA) is 126 Å². The first-order valence-electron chi connectivity index (χ1n) is 13.8. The number of nitrogens with zero attached hydrogens (tertiary/aromatic N) is 2. The summed E-state index contributed by atoms with van der Waals surface area (Å²) in [5.74, 6) is -0.362. The molecule has 10 nitrogen and oxygen atoms in total. The summed E-state index contributed by atoms with van der Waals surface area (Å²) >= 11 is 0. The van der Waals surface area contributed by atoms with Gasteiger partial charge in [0.15, 0.2) is 22.9 Å². The van der Waals surface area contributed by atoms with Crippen LogP contribution in [0.1, 0.15) is 53.3 Å². The molecule has 1 aliphatic rings. The molecule has 0 saturated carbocycles. The predicted octanol–water partition coefficient (Wildman–Crippen LogP) is 4.99. The summed E-state index contributed by atoms with van der Waals surface area (Å²) in [6, 6.07) is 7.47. The van der Waals surface area contributed by atoms with Gasteiger partial charge < -0.3 is 22.9 Å². The summed E-state index contributed by atoms with van der Waals surface area (Å²) in [4.78, 5) is 17.2. The van der Waals surface area contributed by atoms with Gasteiger partial charge in [-0.3, -0.25) is 4.57 Å². The zero-order valence-electron chi connectivity index (χ0n) is 26.1. The summed E-state index contributed by atoms with van der Waals surface area (Å²) in [7, 11) is -8.97. The molecule has 2 heterocycles. The second-order valence-electron chi connectivity index (χ2n) is 13.7. The molecular weight excluding hydrogens is 581 g/mol. The van der Waals surface area contributed by atoms with Gasteiger partial charge in [0.05, 0.1) is 6.61 Å². The molecule has 13 heteroatoms. The molecule has 4 atom stereocenters. The van der Waals surface area contributed by atoms with Crippen molar-refractivity contribution in [1.82, 2.24) is 9.55 Å². The standard InChI is InChI=1S/C28H46N2O8SSi2/c1-19-12-14-20(15-13-19)39(33,34)36-22-16-17-30(26(32)29-22)25-24(38-41(10,11)28(5,6)7)23(21(18-31)35-25)37-40(8,9)27(2,3)4/h12-17,21,23-25,31H,18H2,1-11H3/t21-,23-,24-,25-/m1/s1. The van der Waals surface area contributed by atoms with Crippen LogP contribution in [-0.4, -0.2) is 64.6 Å². The molecule has 230 valence electrons. The van der Waals surface area contributed by atoms with Crippen molar-refractivity contribution >= 4 is 26.8 Å². The molecule has 1 fully saturated rings. The maximum atomic E-state index is 13.3. The predicted molar refractivity (Wildman–Crippen MR) is 163 cm³/mol. The van der Waals surface area contributed by atoms with Crippen LogP contribution in [0.25, 0.3) is 0 Å². The Labute approximate surface area is 246 Å². The summed E-state index contributed by atoms with van der Waals surface area (Å²) in [5.41, 5.74) is 0.118. The molecule has 1 saturated heterocycles. The van der Waals surface area contributed by atoms with E-state index >= 15 is 0 Å². The molecule has 1 N–H and O–H groups in total. The molecule has 1 aliphatic heterocycles. The Morgan fingerprint density at radius 1 is 0.927 bits per heavy atom. The largest absolute Gasteiger partial charge is 0.408 e. The Balaban J connectivity index is 2.01. The van der Waals surface area contributed by atoms with E-state index in [1.807, 2.05) is 6.92 Å². The van der Waals surface area contributed by atoms with Crippen LogP contribution >= 0.6 is 0 Å². The lowest BCUT2D eigenvalue weighted by Crippen LogP contribution is -2.54. The molecule has 0 amide bonds. The fourth-order valence-electron chi connectivity index (χ4n) is 3.88. The third-order valence-corrected chi connectivity index (χ3v) is 18.7. The van der Waals surface area contributed by atoms with E-state index in [0.717, 1.165) is 5.56 Å². The second kappa shape index (κ2) is 11.7. The van der Waals surface area contributed by atoms with E-state index in [0.29, 0.717) is 0 Å². The first-order valence-corrected chi connectivity index (χ1v) is 21.0. The molecule has 2 aromatic rings. The summed E-state index contributed by atoms with van der Waals surface area (Å²) in [5, 5.41) is 10.1. The van der Waals surface area contributed by atoms with Gasteiger partial charge in [0.1, 0.15) is 23.2 Å². The Kier molecular flexibility index (Phi) is 9.56. The molecule has 1 aromatic heterocycles. The van der Waals surface area contributed by atoms with E-state index in [1.165, 1.54) is 29.0 Å². The minimum Gasteiger partial charge on any atom is -0.408 e. The maximum Gasteiger partial charge on any atom is 0.353 e. The molecule has 0 aliphatic carbocycles. The number of aryl methyl sites for hydroxylation is 1. The molecule has 3 rings (SSSR count). The summed E-state index contributed by atoms with van der Waals surface area (Å²) in [6.07, 6.45) is -1.67. The highest BCUT2D eigenvalue weighted by molar-refractivity contribution is 7.87. The Hall–Kier alpha value is -1.88. The smallest absolute Gasteiger partial charge is 0.353 e. The first-order chi connectivity index (χ1) is 18.6. The molecule has 1 aromatic carbocycles. The summed E-state index contributed by atoms with van der Waals surface area (Å²) in [6.45, 7) is 22.7. The van der Waals surface area contributed by atoms with E-state index in [4.69, 9.17) is 17.8 Å². The maximum absolute atomic E-state index is 13.3. The van der Waals surface area contributed by atoms with Crippen LogP contribution in [0.4, 0.5) is 0 Å². The normalized spacial score (nSPS) is 22.6. The van der Waals surface area contributed by atoms with Crippen molar-refractivity contribution in [3.8, 4) is 5.88 Å². The molecule has 0 unspecified atom stereocenters. The molecule has 41 heavy (non-hydrogen) atoms. The van der Waals surface area contributed by atoms with Gasteiger partial charge in [-0.15, -0.1) is 0 Å². The van der Waals surface area contributed by atoms with Crippen molar-refractivity contribution in [1.29, 1.82) is 0 Å². The van der Waals surface area contributed by atoms with Crippen molar-refractivity contribution in [2.75, 3.05) is 6.61 Å². The highest BCUT2D eigenvalue weighted by atomic mass is 32.2. The minimum atomic E-state index is -4.20. The van der Waals surface area contributed by atoms with Gasteiger partial charge in [0, 0.05) is 12.3 Å². The van der Waals surface area contributed by atoms with Crippen molar-refractivity contribution in [3.05, 3.63) is 52.6 Å². The second-order valence-corrected chi connectivity index (χ2v) is 24.8. The quantitative estimate of drug-likeness (QED) is 0.303. The van der Waals surface area contributed by atoms with Crippen LogP contribution in [0.5, 0.6) is 5.88 Å². The van der Waals surface area contributed by atoms with E-state index < -0.39 is 57.0 Å². The van der Waals surface area contributed by atoms with Gasteiger partial charge in [0.25, 0.3) is 0 Å². The van der Waals surface area contributed by atoms with E-state index in [1.54, 1.807) is 12.1 Å². The zero-order chi connectivity index (χ0) is 31.2. The van der Waals surface area contributed by atoms with Crippen LogP contribution in [0, 0.1) is 6.92 Å². The zero-order valence-corrected chi connectivity index (χ0v) is 28.9. The monoisotopic (exact) mass is 626 g/mol. The van der Waals surface area contributed by atoms with Gasteiger partial charge in [-0.1, -0.05) is 59.2 Å². The van der Waals surface area contributed by atoms with Crippen molar-refractivity contribution in [2.24, 2.45) is 0 Å². The van der Waals surface area contributed by atoms with Crippen LogP contribution < -0.4 is 9.87 Å². The van der Waals surface area contributed by atoms with Crippen molar-refractivity contribution < 1.29 is 31.3 Å². The lowest BCUT2D eigenvalue weighted by Gasteiger charge is -2.44. The van der Waals surface area contributed by atoms with Crippen LogP contribution in [-0.2, 0) is 23.7 Å². The Morgan fingerprint density at radius 2 is 1.44 bits per heavy atom. The SMILES string of the molecule is Cc1ccc(S(=O)(=O)Oc2ccn([C@@H]3O[C@H](CO)[C@@H](O[Si](C)(C)C(C)(C)C)[C@H]3O[Si](C)(C)C(C)(C)C)c(=O)n2)cc1. The Bertz CT molecular complexity index is 1380. The lowest BCUT2D eigenvalue weighted by atomic mass is 10.1. The lowest BCUT2D eigenvalue weighted by molar-refractivity contribution is -0.0529. The van der Waals surface area contributed by atoms with Crippen LogP contribution in [0.15, 0.2) is 46.2 Å². The van der Waals surface area contributed by atoms with Gasteiger partial charge in [-0.05, 0) is 55.3 Å². The number of ether oxygens (including phenoxy) is 1.